The quantitative estimate of drug-likeness (QED) is 0.574. The Labute approximate surface area is 81.7 Å². The van der Waals surface area contributed by atoms with Crippen LogP contribution in [-0.4, -0.2) is 0 Å². The van der Waals surface area contributed by atoms with Crippen LogP contribution >= 0.6 is 0 Å². The third-order valence-corrected chi connectivity index (χ3v) is 2.08. The largest absolute Gasteiger partial charge is 0.469 e. The molecule has 2 aromatic rings. The maximum absolute atomic E-state index is 5.45. The van der Waals surface area contributed by atoms with E-state index in [1.165, 1.54) is 0 Å². The number of nitrogens with one attached hydrogen (secondary N) is 1. The standard InChI is InChI=1S/C10H12N2O2/c1-7-5-8(6-14-7)10(12-11)9-3-2-4-13-9/h2-6,10,12H,11H2,1H3. The second-order valence-electron chi connectivity index (χ2n) is 3.11. The highest BCUT2D eigenvalue weighted by Gasteiger charge is 2.16. The van der Waals surface area contributed by atoms with Crippen molar-refractivity contribution >= 4 is 0 Å². The first kappa shape index (κ1) is 9.05. The molecule has 0 saturated carbocycles. The summed E-state index contributed by atoms with van der Waals surface area (Å²) in [4.78, 5) is 0. The number of hydrogen-bond donors (Lipinski definition) is 2. The number of aryl methyl sites for hydroxylation is 1. The molecule has 0 spiro atoms. The Morgan fingerprint density at radius 2 is 2.29 bits per heavy atom. The zero-order chi connectivity index (χ0) is 9.97. The Balaban J connectivity index is 2.31. The first-order valence-electron chi connectivity index (χ1n) is 4.36. The summed E-state index contributed by atoms with van der Waals surface area (Å²) in [5.41, 5.74) is 3.64. The smallest absolute Gasteiger partial charge is 0.126 e. The van der Waals surface area contributed by atoms with Gasteiger partial charge in [0.15, 0.2) is 0 Å². The summed E-state index contributed by atoms with van der Waals surface area (Å²) < 4.78 is 10.5. The average Bonchev–Trinajstić information content (AvgIpc) is 2.79. The van der Waals surface area contributed by atoms with Crippen LogP contribution in [0.1, 0.15) is 23.1 Å². The van der Waals surface area contributed by atoms with Crippen LogP contribution in [0.15, 0.2) is 39.6 Å². The molecule has 74 valence electrons. The van der Waals surface area contributed by atoms with Crippen molar-refractivity contribution in [2.24, 2.45) is 5.84 Å². The molecule has 0 radical (unpaired) electrons. The van der Waals surface area contributed by atoms with E-state index in [9.17, 15) is 0 Å². The van der Waals surface area contributed by atoms with E-state index < -0.39 is 0 Å². The summed E-state index contributed by atoms with van der Waals surface area (Å²) in [6, 6.07) is 5.47. The fourth-order valence-corrected chi connectivity index (χ4v) is 1.41. The minimum Gasteiger partial charge on any atom is -0.469 e. The Bertz CT molecular complexity index is 392. The van der Waals surface area contributed by atoms with Gasteiger partial charge in [-0.25, -0.2) is 5.43 Å². The Morgan fingerprint density at radius 3 is 2.79 bits per heavy atom. The van der Waals surface area contributed by atoms with Crippen molar-refractivity contribution in [2.45, 2.75) is 13.0 Å². The van der Waals surface area contributed by atoms with Gasteiger partial charge >= 0.3 is 0 Å². The van der Waals surface area contributed by atoms with E-state index in [4.69, 9.17) is 14.7 Å². The van der Waals surface area contributed by atoms with Crippen LogP contribution in [0.25, 0.3) is 0 Å². The maximum atomic E-state index is 5.45. The summed E-state index contributed by atoms with van der Waals surface area (Å²) in [6.07, 6.45) is 3.29. The molecule has 0 amide bonds. The number of furan rings is 2. The van der Waals surface area contributed by atoms with Crippen LogP contribution in [0.4, 0.5) is 0 Å². The van der Waals surface area contributed by atoms with Crippen molar-refractivity contribution in [3.63, 3.8) is 0 Å². The number of hydrazine groups is 1. The molecule has 1 unspecified atom stereocenters. The SMILES string of the molecule is Cc1cc(C(NN)c2ccco2)co1. The van der Waals surface area contributed by atoms with Crippen LogP contribution in [-0.2, 0) is 0 Å². The summed E-state index contributed by atoms with van der Waals surface area (Å²) >= 11 is 0. The van der Waals surface area contributed by atoms with E-state index in [2.05, 4.69) is 5.43 Å². The fraction of sp³-hybridized carbons (Fsp3) is 0.200. The van der Waals surface area contributed by atoms with E-state index >= 15 is 0 Å². The second kappa shape index (κ2) is 3.69. The molecule has 2 rings (SSSR count). The van der Waals surface area contributed by atoms with Crippen LogP contribution in [0, 0.1) is 6.92 Å². The summed E-state index contributed by atoms with van der Waals surface area (Å²) in [6.45, 7) is 1.89. The van der Waals surface area contributed by atoms with Crippen molar-refractivity contribution in [1.29, 1.82) is 0 Å². The van der Waals surface area contributed by atoms with Gasteiger partial charge in [-0.1, -0.05) is 0 Å². The van der Waals surface area contributed by atoms with Crippen molar-refractivity contribution < 1.29 is 8.83 Å². The average molecular weight is 192 g/mol. The fourth-order valence-electron chi connectivity index (χ4n) is 1.41. The molecule has 0 aliphatic heterocycles. The zero-order valence-electron chi connectivity index (χ0n) is 7.86. The molecular weight excluding hydrogens is 180 g/mol. The highest BCUT2D eigenvalue weighted by molar-refractivity contribution is 5.24. The third kappa shape index (κ3) is 1.57. The minimum atomic E-state index is -0.151. The lowest BCUT2D eigenvalue weighted by Crippen LogP contribution is -2.28. The third-order valence-electron chi connectivity index (χ3n) is 2.08. The molecular formula is C10H12N2O2. The lowest BCUT2D eigenvalue weighted by Gasteiger charge is -2.10. The molecule has 4 heteroatoms. The summed E-state index contributed by atoms with van der Waals surface area (Å²) in [5, 5.41) is 0. The van der Waals surface area contributed by atoms with Crippen LogP contribution in [0.3, 0.4) is 0 Å². The molecule has 14 heavy (non-hydrogen) atoms. The molecule has 2 aromatic heterocycles. The van der Waals surface area contributed by atoms with Crippen molar-refractivity contribution in [1.82, 2.24) is 5.43 Å². The molecule has 0 saturated heterocycles. The number of rotatable bonds is 3. The maximum Gasteiger partial charge on any atom is 0.126 e. The van der Waals surface area contributed by atoms with E-state index in [-0.39, 0.29) is 6.04 Å². The predicted molar refractivity (Wildman–Crippen MR) is 51.3 cm³/mol. The van der Waals surface area contributed by atoms with Gasteiger partial charge in [0.2, 0.25) is 0 Å². The Morgan fingerprint density at radius 1 is 1.43 bits per heavy atom. The van der Waals surface area contributed by atoms with Crippen LogP contribution in [0.2, 0.25) is 0 Å². The van der Waals surface area contributed by atoms with Gasteiger partial charge in [-0.05, 0) is 25.1 Å². The number of nitrogens with two attached hydrogens (primary N) is 1. The van der Waals surface area contributed by atoms with Gasteiger partial charge in [0.25, 0.3) is 0 Å². The Hall–Kier alpha value is -1.52. The molecule has 0 bridgehead atoms. The van der Waals surface area contributed by atoms with E-state index in [1.54, 1.807) is 12.5 Å². The lowest BCUT2D eigenvalue weighted by atomic mass is 10.1. The van der Waals surface area contributed by atoms with Crippen molar-refractivity contribution in [2.75, 3.05) is 0 Å². The highest BCUT2D eigenvalue weighted by Crippen LogP contribution is 2.23. The van der Waals surface area contributed by atoms with Crippen LogP contribution < -0.4 is 11.3 Å². The molecule has 1 atom stereocenters. The van der Waals surface area contributed by atoms with Gasteiger partial charge in [0.05, 0.1) is 12.5 Å². The monoisotopic (exact) mass is 192 g/mol. The minimum absolute atomic E-state index is 0.151. The van der Waals surface area contributed by atoms with Crippen molar-refractivity contribution in [3.05, 3.63) is 47.8 Å². The lowest BCUT2D eigenvalue weighted by molar-refractivity contribution is 0.448. The van der Waals surface area contributed by atoms with Gasteiger partial charge < -0.3 is 8.83 Å². The Kier molecular flexibility index (Phi) is 2.39. The molecule has 3 N–H and O–H groups in total. The van der Waals surface area contributed by atoms with Gasteiger partial charge in [-0.15, -0.1) is 0 Å². The first-order valence-corrected chi connectivity index (χ1v) is 4.36. The normalized spacial score (nSPS) is 13.0. The second-order valence-corrected chi connectivity index (χ2v) is 3.11. The molecule has 2 heterocycles. The summed E-state index contributed by atoms with van der Waals surface area (Å²) in [5.74, 6) is 7.08. The molecule has 0 aliphatic rings. The van der Waals surface area contributed by atoms with E-state index in [0.29, 0.717) is 0 Å². The van der Waals surface area contributed by atoms with Crippen molar-refractivity contribution in [3.8, 4) is 0 Å². The molecule has 0 fully saturated rings. The van der Waals surface area contributed by atoms with E-state index in [0.717, 1.165) is 17.1 Å². The zero-order valence-corrected chi connectivity index (χ0v) is 7.86. The highest BCUT2D eigenvalue weighted by atomic mass is 16.3. The molecule has 4 nitrogen and oxygen atoms in total. The topological polar surface area (TPSA) is 64.3 Å². The first-order chi connectivity index (χ1) is 6.81. The van der Waals surface area contributed by atoms with Gasteiger partial charge in [0.1, 0.15) is 17.6 Å². The molecule has 0 aliphatic carbocycles. The van der Waals surface area contributed by atoms with Gasteiger partial charge in [-0.3, -0.25) is 5.84 Å². The van der Waals surface area contributed by atoms with E-state index in [1.807, 2.05) is 25.1 Å². The van der Waals surface area contributed by atoms with Gasteiger partial charge in [-0.2, -0.15) is 0 Å². The molecule has 0 aromatic carbocycles. The summed E-state index contributed by atoms with van der Waals surface area (Å²) in [7, 11) is 0. The van der Waals surface area contributed by atoms with Crippen LogP contribution in [0.5, 0.6) is 0 Å². The number of hydrogen-bond acceptors (Lipinski definition) is 4. The van der Waals surface area contributed by atoms with Gasteiger partial charge in [0, 0.05) is 5.56 Å². The predicted octanol–water partition coefficient (Wildman–Crippen LogP) is 1.73.